The molecule has 0 bridgehead atoms. The van der Waals surface area contributed by atoms with Crippen LogP contribution in [0.1, 0.15) is 18.9 Å². The van der Waals surface area contributed by atoms with E-state index < -0.39 is 6.04 Å². The highest BCUT2D eigenvalue weighted by atomic mass is 16.5. The van der Waals surface area contributed by atoms with Gasteiger partial charge in [-0.15, -0.1) is 0 Å². The lowest BCUT2D eigenvalue weighted by molar-refractivity contribution is -0.166. The zero-order valence-corrected chi connectivity index (χ0v) is 12.4. The maximum atomic E-state index is 11.8. The van der Waals surface area contributed by atoms with E-state index in [-0.39, 0.29) is 18.3 Å². The summed E-state index contributed by atoms with van der Waals surface area (Å²) in [6, 6.07) is 4.87. The molecule has 1 heterocycles. The van der Waals surface area contributed by atoms with Crippen molar-refractivity contribution in [1.82, 2.24) is 4.90 Å². The Morgan fingerprint density at radius 1 is 1.33 bits per heavy atom. The highest BCUT2D eigenvalue weighted by Crippen LogP contribution is 2.29. The second-order valence-electron chi connectivity index (χ2n) is 4.67. The maximum absolute atomic E-state index is 11.8. The van der Waals surface area contributed by atoms with E-state index in [9.17, 15) is 9.59 Å². The molecular formula is C15H19NO5. The highest BCUT2D eigenvalue weighted by Gasteiger charge is 2.42. The van der Waals surface area contributed by atoms with Crippen LogP contribution in [0.25, 0.3) is 0 Å². The van der Waals surface area contributed by atoms with E-state index in [1.165, 1.54) is 4.90 Å². The van der Waals surface area contributed by atoms with Gasteiger partial charge in [0.15, 0.2) is 0 Å². The summed E-state index contributed by atoms with van der Waals surface area (Å²) in [6.45, 7) is 2.37. The molecule has 1 aromatic rings. The van der Waals surface area contributed by atoms with Crippen molar-refractivity contribution in [2.45, 2.75) is 25.9 Å². The first-order valence-electron chi connectivity index (χ1n) is 6.77. The van der Waals surface area contributed by atoms with Crippen LogP contribution in [-0.4, -0.2) is 43.6 Å². The minimum atomic E-state index is -0.496. The van der Waals surface area contributed by atoms with Crippen molar-refractivity contribution < 1.29 is 23.8 Å². The summed E-state index contributed by atoms with van der Waals surface area (Å²) in [5.74, 6) is 0.875. The molecule has 2 rings (SSSR count). The van der Waals surface area contributed by atoms with Crippen molar-refractivity contribution in [2.75, 3.05) is 20.8 Å². The number of hydrogen-bond acceptors (Lipinski definition) is 5. The predicted molar refractivity (Wildman–Crippen MR) is 75.1 cm³/mol. The first-order chi connectivity index (χ1) is 10.1. The van der Waals surface area contributed by atoms with E-state index >= 15 is 0 Å². The van der Waals surface area contributed by atoms with Gasteiger partial charge in [-0.2, -0.15) is 0 Å². The number of ether oxygens (including phenoxy) is 3. The Bertz CT molecular complexity index is 543. The molecule has 0 N–H and O–H groups in total. The molecule has 6 heteroatoms. The number of carbonyl (C=O) groups excluding carboxylic acids is 2. The minimum absolute atomic E-state index is 0.0640. The smallest absolute Gasteiger partial charge is 0.329 e. The van der Waals surface area contributed by atoms with Crippen LogP contribution in [0.2, 0.25) is 0 Å². The van der Waals surface area contributed by atoms with Gasteiger partial charge in [0, 0.05) is 11.6 Å². The molecule has 0 aliphatic carbocycles. The normalized spacial score (nSPS) is 17.2. The summed E-state index contributed by atoms with van der Waals surface area (Å²) in [7, 11) is 3.13. The van der Waals surface area contributed by atoms with Crippen molar-refractivity contribution in [1.29, 1.82) is 0 Å². The van der Waals surface area contributed by atoms with Gasteiger partial charge in [-0.25, -0.2) is 4.79 Å². The predicted octanol–water partition coefficient (Wildman–Crippen LogP) is 1.37. The molecule has 1 saturated heterocycles. The fourth-order valence-corrected chi connectivity index (χ4v) is 2.27. The Kier molecular flexibility index (Phi) is 4.67. The zero-order valence-electron chi connectivity index (χ0n) is 12.4. The molecular weight excluding hydrogens is 274 g/mol. The van der Waals surface area contributed by atoms with Gasteiger partial charge in [-0.05, 0) is 19.1 Å². The van der Waals surface area contributed by atoms with Gasteiger partial charge in [-0.3, -0.25) is 4.79 Å². The number of rotatable bonds is 6. The molecule has 1 aliphatic rings. The molecule has 21 heavy (non-hydrogen) atoms. The second-order valence-corrected chi connectivity index (χ2v) is 4.67. The van der Waals surface area contributed by atoms with Crippen molar-refractivity contribution in [3.63, 3.8) is 0 Å². The molecule has 1 amide bonds. The van der Waals surface area contributed by atoms with Crippen LogP contribution < -0.4 is 9.47 Å². The van der Waals surface area contributed by atoms with Crippen LogP contribution >= 0.6 is 0 Å². The molecule has 6 nitrogen and oxygen atoms in total. The van der Waals surface area contributed by atoms with Gasteiger partial charge in [0.25, 0.3) is 0 Å². The summed E-state index contributed by atoms with van der Waals surface area (Å²) in [4.78, 5) is 25.0. The number of methoxy groups -OCH3 is 2. The zero-order chi connectivity index (χ0) is 15.4. The Balaban J connectivity index is 2.13. The fourth-order valence-electron chi connectivity index (χ4n) is 2.27. The third-order valence-electron chi connectivity index (χ3n) is 3.46. The van der Waals surface area contributed by atoms with Crippen LogP contribution in [0.5, 0.6) is 11.5 Å². The maximum Gasteiger partial charge on any atom is 0.329 e. The molecule has 0 aromatic heterocycles. The topological polar surface area (TPSA) is 65.1 Å². The lowest BCUT2D eigenvalue weighted by atomic mass is 10.0. The second kappa shape index (κ2) is 6.47. The SMILES string of the molecule is CCOC(=O)C1CC(=O)N1Cc1ccc(OC)cc1OC. The summed E-state index contributed by atoms with van der Waals surface area (Å²) < 4.78 is 15.4. The molecule has 0 spiro atoms. The lowest BCUT2D eigenvalue weighted by Crippen LogP contribution is -2.56. The van der Waals surface area contributed by atoms with Crippen LogP contribution in [0, 0.1) is 0 Å². The largest absolute Gasteiger partial charge is 0.497 e. The Morgan fingerprint density at radius 2 is 2.10 bits per heavy atom. The van der Waals surface area contributed by atoms with Gasteiger partial charge in [-0.1, -0.05) is 0 Å². The number of benzene rings is 1. The molecule has 0 radical (unpaired) electrons. The van der Waals surface area contributed by atoms with Crippen molar-refractivity contribution in [2.24, 2.45) is 0 Å². The number of β-lactam (4-membered cyclic amide) rings is 1. The summed E-state index contributed by atoms with van der Waals surface area (Å²) in [5, 5.41) is 0. The molecule has 1 aromatic carbocycles. The quantitative estimate of drug-likeness (QED) is 0.585. The number of amides is 1. The van der Waals surface area contributed by atoms with Gasteiger partial charge in [0.05, 0.1) is 33.8 Å². The standard InChI is InChI=1S/C15H19NO5/c1-4-21-15(18)12-8-14(17)16(12)9-10-5-6-11(19-2)7-13(10)20-3/h5-7,12H,4,8-9H2,1-3H3. The third kappa shape index (κ3) is 3.09. The van der Waals surface area contributed by atoms with E-state index in [2.05, 4.69) is 0 Å². The molecule has 1 aliphatic heterocycles. The molecule has 1 fully saturated rings. The van der Waals surface area contributed by atoms with Crippen LogP contribution in [0.15, 0.2) is 18.2 Å². The summed E-state index contributed by atoms with van der Waals surface area (Å²) in [5.41, 5.74) is 0.820. The number of hydrogen-bond donors (Lipinski definition) is 0. The van der Waals surface area contributed by atoms with E-state index in [4.69, 9.17) is 14.2 Å². The number of nitrogens with zero attached hydrogens (tertiary/aromatic N) is 1. The van der Waals surface area contributed by atoms with Gasteiger partial charge < -0.3 is 19.1 Å². The van der Waals surface area contributed by atoms with E-state index in [0.717, 1.165) is 5.56 Å². The van der Waals surface area contributed by atoms with Crippen molar-refractivity contribution in [3.8, 4) is 11.5 Å². The Labute approximate surface area is 123 Å². The van der Waals surface area contributed by atoms with Crippen molar-refractivity contribution >= 4 is 11.9 Å². The van der Waals surface area contributed by atoms with Crippen LogP contribution in [0.4, 0.5) is 0 Å². The number of esters is 1. The summed E-state index contributed by atoms with van der Waals surface area (Å²) in [6.07, 6.45) is 0.206. The molecule has 1 unspecified atom stereocenters. The first kappa shape index (κ1) is 15.2. The van der Waals surface area contributed by atoms with E-state index in [1.54, 1.807) is 33.3 Å². The molecule has 114 valence electrons. The number of likely N-dealkylation sites (tertiary alicyclic amines) is 1. The minimum Gasteiger partial charge on any atom is -0.497 e. The summed E-state index contributed by atoms with van der Waals surface area (Å²) >= 11 is 0. The van der Waals surface area contributed by atoms with Crippen molar-refractivity contribution in [3.05, 3.63) is 23.8 Å². The molecule has 0 saturated carbocycles. The fraction of sp³-hybridized carbons (Fsp3) is 0.467. The van der Waals surface area contributed by atoms with E-state index in [0.29, 0.717) is 24.7 Å². The van der Waals surface area contributed by atoms with Gasteiger partial charge >= 0.3 is 5.97 Å². The van der Waals surface area contributed by atoms with Crippen LogP contribution in [-0.2, 0) is 20.9 Å². The third-order valence-corrected chi connectivity index (χ3v) is 3.46. The van der Waals surface area contributed by atoms with Crippen LogP contribution in [0.3, 0.4) is 0 Å². The average Bonchev–Trinajstić information content (AvgIpc) is 2.50. The highest BCUT2D eigenvalue weighted by molar-refractivity contribution is 5.95. The monoisotopic (exact) mass is 293 g/mol. The number of carbonyl (C=O) groups is 2. The van der Waals surface area contributed by atoms with Gasteiger partial charge in [0.1, 0.15) is 17.5 Å². The Hall–Kier alpha value is -2.24. The average molecular weight is 293 g/mol. The lowest BCUT2D eigenvalue weighted by Gasteiger charge is -2.38. The first-order valence-corrected chi connectivity index (χ1v) is 6.77. The van der Waals surface area contributed by atoms with Gasteiger partial charge in [0.2, 0.25) is 5.91 Å². The van der Waals surface area contributed by atoms with E-state index in [1.807, 2.05) is 6.07 Å². The Morgan fingerprint density at radius 3 is 2.67 bits per heavy atom. The molecule has 1 atom stereocenters.